The third kappa shape index (κ3) is 16.0. The Morgan fingerprint density at radius 3 is 1.20 bits per heavy atom. The fourth-order valence-corrected chi connectivity index (χ4v) is 0.214. The molecule has 0 aromatic rings. The Hall–Kier alpha value is 0.940. The van der Waals surface area contributed by atoms with Crippen molar-refractivity contribution in [2.45, 2.75) is 12.8 Å². The molecule has 0 unspecified atom stereocenters. The number of carboxylic acids is 2. The van der Waals surface area contributed by atoms with Crippen LogP contribution < -0.4 is 0 Å². The van der Waals surface area contributed by atoms with Crippen LogP contribution in [-0.2, 0) is 9.59 Å². The Morgan fingerprint density at radius 2 is 1.10 bits per heavy atom. The normalized spacial score (nSPS) is 6.80. The van der Waals surface area contributed by atoms with Gasteiger partial charge in [0, 0.05) is 0 Å². The predicted molar refractivity (Wildman–Crippen MR) is 38.8 cm³/mol. The third-order valence-corrected chi connectivity index (χ3v) is 0.553. The molecule has 0 radical (unpaired) electrons. The van der Waals surface area contributed by atoms with Crippen molar-refractivity contribution in [3.8, 4) is 0 Å². The molecule has 0 aromatic carbocycles. The van der Waals surface area contributed by atoms with Crippen molar-refractivity contribution in [3.63, 3.8) is 0 Å². The van der Waals surface area contributed by atoms with E-state index >= 15 is 0 Å². The number of carboxylic acid groups (broad SMARTS) is 2. The van der Waals surface area contributed by atoms with Crippen LogP contribution in [0.3, 0.4) is 0 Å². The Morgan fingerprint density at radius 1 is 0.900 bits per heavy atom. The molecule has 2 N–H and O–H groups in total. The summed E-state index contributed by atoms with van der Waals surface area (Å²) in [6.07, 6.45) is -0.593. The van der Waals surface area contributed by atoms with Crippen molar-refractivity contribution in [2.24, 2.45) is 0 Å². The maximum atomic E-state index is 9.64. The van der Waals surface area contributed by atoms with Crippen molar-refractivity contribution < 1.29 is 19.8 Å². The average Bonchev–Trinajstić information content (AvgIpc) is 1.61. The second-order valence-electron chi connectivity index (χ2n) is 1.29. The number of hydrogen-bond acceptors (Lipinski definition) is 2. The third-order valence-electron chi connectivity index (χ3n) is 0.553. The molecule has 0 fully saturated rings. The van der Waals surface area contributed by atoms with Gasteiger partial charge in [0.05, 0.1) is 12.8 Å². The van der Waals surface area contributed by atoms with Gasteiger partial charge >= 0.3 is 71.1 Å². The van der Waals surface area contributed by atoms with Gasteiger partial charge in [-0.2, -0.15) is 0 Å². The second-order valence-corrected chi connectivity index (χ2v) is 1.29. The molecule has 0 aliphatic heterocycles. The molecule has 4 nitrogen and oxygen atoms in total. The van der Waals surface area contributed by atoms with E-state index in [1.807, 2.05) is 0 Å². The second kappa shape index (κ2) is 9.94. The minimum absolute atomic E-state index is 0. The van der Waals surface area contributed by atoms with Crippen LogP contribution in [0, 0.1) is 0 Å². The molecular weight excluding hydrogens is 158 g/mol. The minimum atomic E-state index is -1.08. The van der Waals surface area contributed by atoms with Crippen LogP contribution >= 0.6 is 0 Å². The van der Waals surface area contributed by atoms with Crippen LogP contribution in [0.5, 0.6) is 0 Å². The van der Waals surface area contributed by atoms with Gasteiger partial charge in [-0.05, 0) is 0 Å². The first kappa shape index (κ1) is 17.1. The molecule has 0 saturated heterocycles. The summed E-state index contributed by atoms with van der Waals surface area (Å²) in [5.41, 5.74) is 0. The van der Waals surface area contributed by atoms with E-state index in [0.717, 1.165) is 0 Å². The number of aliphatic carboxylic acids is 2. The quantitative estimate of drug-likeness (QED) is 0.508. The first-order chi connectivity index (χ1) is 3.63. The maximum absolute atomic E-state index is 9.64. The molecule has 0 atom stereocenters. The SMILES string of the molecule is O=C(O)CCC(=O)O.[NaH].[NaH]. The standard InChI is InChI=1S/C4H6O4.2Na.2H/c5-3(6)1-2-4(7)8;;;;/h1-2H2,(H,5,6)(H,7,8);;;;. The molecule has 0 heterocycles. The summed E-state index contributed by atoms with van der Waals surface area (Å²) in [7, 11) is 0. The summed E-state index contributed by atoms with van der Waals surface area (Å²) >= 11 is 0. The summed E-state index contributed by atoms with van der Waals surface area (Å²) in [5.74, 6) is -2.15. The molecular formula is C4H8Na2O4. The molecule has 0 amide bonds. The Kier molecular flexibility index (Phi) is 17.0. The van der Waals surface area contributed by atoms with E-state index in [4.69, 9.17) is 10.2 Å². The molecule has 0 saturated carbocycles. The van der Waals surface area contributed by atoms with Gasteiger partial charge in [0.2, 0.25) is 0 Å². The van der Waals surface area contributed by atoms with Crippen LogP contribution in [0.2, 0.25) is 0 Å². The Bertz CT molecular complexity index is 99.8. The number of hydrogen-bond donors (Lipinski definition) is 2. The molecule has 6 heteroatoms. The van der Waals surface area contributed by atoms with Crippen LogP contribution in [0.1, 0.15) is 12.8 Å². The van der Waals surface area contributed by atoms with E-state index in [-0.39, 0.29) is 72.0 Å². The van der Waals surface area contributed by atoms with Gasteiger partial charge in [0.25, 0.3) is 0 Å². The van der Waals surface area contributed by atoms with E-state index < -0.39 is 11.9 Å². The first-order valence-electron chi connectivity index (χ1n) is 2.06. The van der Waals surface area contributed by atoms with Crippen molar-refractivity contribution in [1.29, 1.82) is 0 Å². The molecule has 50 valence electrons. The van der Waals surface area contributed by atoms with Gasteiger partial charge in [-0.3, -0.25) is 9.59 Å². The van der Waals surface area contributed by atoms with E-state index in [9.17, 15) is 9.59 Å². The monoisotopic (exact) mass is 166 g/mol. The van der Waals surface area contributed by atoms with E-state index in [0.29, 0.717) is 0 Å². The molecule has 0 bridgehead atoms. The zero-order chi connectivity index (χ0) is 6.57. The van der Waals surface area contributed by atoms with E-state index in [1.54, 1.807) is 0 Å². The topological polar surface area (TPSA) is 74.6 Å². The summed E-state index contributed by atoms with van der Waals surface area (Å²) in [4.78, 5) is 19.3. The van der Waals surface area contributed by atoms with Crippen LogP contribution in [0.25, 0.3) is 0 Å². The van der Waals surface area contributed by atoms with Gasteiger partial charge in [-0.25, -0.2) is 0 Å². The summed E-state index contributed by atoms with van der Waals surface area (Å²) in [6.45, 7) is 0. The van der Waals surface area contributed by atoms with Crippen molar-refractivity contribution in [1.82, 2.24) is 0 Å². The average molecular weight is 166 g/mol. The summed E-state index contributed by atoms with van der Waals surface area (Å²) in [5, 5.41) is 15.8. The van der Waals surface area contributed by atoms with Gasteiger partial charge in [0.1, 0.15) is 0 Å². The molecule has 0 rings (SSSR count). The van der Waals surface area contributed by atoms with Gasteiger partial charge in [0.15, 0.2) is 0 Å². The first-order valence-corrected chi connectivity index (χ1v) is 2.06. The van der Waals surface area contributed by atoms with Gasteiger partial charge in [-0.1, -0.05) is 0 Å². The molecule has 10 heavy (non-hydrogen) atoms. The van der Waals surface area contributed by atoms with Crippen molar-refractivity contribution >= 4 is 71.1 Å². The molecule has 0 spiro atoms. The molecule has 0 aliphatic rings. The zero-order valence-electron chi connectivity index (χ0n) is 4.13. The van der Waals surface area contributed by atoms with Gasteiger partial charge in [-0.15, -0.1) is 0 Å². The van der Waals surface area contributed by atoms with Crippen LogP contribution in [-0.4, -0.2) is 81.3 Å². The van der Waals surface area contributed by atoms with Gasteiger partial charge < -0.3 is 10.2 Å². The summed E-state index contributed by atoms with van der Waals surface area (Å²) in [6, 6.07) is 0. The number of carbonyl (C=O) groups is 2. The molecule has 0 aromatic heterocycles. The predicted octanol–water partition coefficient (Wildman–Crippen LogP) is -1.36. The fourth-order valence-electron chi connectivity index (χ4n) is 0.214. The van der Waals surface area contributed by atoms with E-state index in [2.05, 4.69) is 0 Å². The van der Waals surface area contributed by atoms with Crippen molar-refractivity contribution in [2.75, 3.05) is 0 Å². The number of rotatable bonds is 3. The zero-order valence-corrected chi connectivity index (χ0v) is 4.13. The van der Waals surface area contributed by atoms with Crippen LogP contribution in [0.4, 0.5) is 0 Å². The fraction of sp³-hybridized carbons (Fsp3) is 0.500. The van der Waals surface area contributed by atoms with Crippen LogP contribution in [0.15, 0.2) is 0 Å². The Balaban J connectivity index is -0.000000245. The summed E-state index contributed by atoms with van der Waals surface area (Å²) < 4.78 is 0. The molecule has 0 aliphatic carbocycles. The van der Waals surface area contributed by atoms with Crippen molar-refractivity contribution in [3.05, 3.63) is 0 Å². The van der Waals surface area contributed by atoms with E-state index in [1.165, 1.54) is 0 Å². The Labute approximate surface area is 103 Å².